The molecule has 1 saturated carbocycles. The van der Waals surface area contributed by atoms with Crippen LogP contribution in [0.2, 0.25) is 5.02 Å². The number of halogens is 1. The third-order valence-corrected chi connectivity index (χ3v) is 3.88. The van der Waals surface area contributed by atoms with Crippen LogP contribution < -0.4 is 14.8 Å². The van der Waals surface area contributed by atoms with Gasteiger partial charge in [-0.2, -0.15) is 0 Å². The Bertz CT molecular complexity index is 584. The normalized spacial score (nSPS) is 20.0. The van der Waals surface area contributed by atoms with Gasteiger partial charge in [-0.3, -0.25) is 9.59 Å². The summed E-state index contributed by atoms with van der Waals surface area (Å²) < 4.78 is 10.6. The number of ether oxygens (including phenoxy) is 2. The second kappa shape index (κ2) is 6.87. The van der Waals surface area contributed by atoms with Crippen LogP contribution in [-0.2, 0) is 4.79 Å². The highest BCUT2D eigenvalue weighted by Gasteiger charge is 2.35. The first-order chi connectivity index (χ1) is 10.5. The first-order valence-electron chi connectivity index (χ1n) is 7.00. The summed E-state index contributed by atoms with van der Waals surface area (Å²) in [5.74, 6) is -0.716. The van der Waals surface area contributed by atoms with Gasteiger partial charge in [-0.05, 0) is 31.9 Å². The Morgan fingerprint density at radius 1 is 1.41 bits per heavy atom. The molecule has 2 N–H and O–H groups in total. The lowest BCUT2D eigenvalue weighted by molar-refractivity contribution is -0.145. The number of nitrogens with one attached hydrogen (secondary N) is 1. The van der Waals surface area contributed by atoms with Crippen molar-refractivity contribution >= 4 is 23.5 Å². The van der Waals surface area contributed by atoms with Crippen LogP contribution in [0.25, 0.3) is 0 Å². The Labute approximate surface area is 133 Å². The highest BCUT2D eigenvalue weighted by Crippen LogP contribution is 2.36. The molecule has 6 nitrogen and oxygen atoms in total. The molecule has 0 unspecified atom stereocenters. The molecule has 0 spiro atoms. The summed E-state index contributed by atoms with van der Waals surface area (Å²) >= 11 is 6.12. The number of carbonyl (C=O) groups is 2. The van der Waals surface area contributed by atoms with Crippen molar-refractivity contribution in [3.8, 4) is 11.5 Å². The van der Waals surface area contributed by atoms with Crippen LogP contribution in [0, 0.1) is 5.92 Å². The van der Waals surface area contributed by atoms with E-state index in [1.165, 1.54) is 13.2 Å². The number of methoxy groups -OCH3 is 1. The number of carbonyl (C=O) groups excluding carboxylic acids is 1. The molecule has 1 aliphatic rings. The lowest BCUT2D eigenvalue weighted by Gasteiger charge is -2.32. The van der Waals surface area contributed by atoms with Gasteiger partial charge >= 0.3 is 5.97 Å². The predicted octanol–water partition coefficient (Wildman–Crippen LogP) is 2.34. The van der Waals surface area contributed by atoms with Gasteiger partial charge in [0.15, 0.2) is 11.5 Å². The molecule has 2 rings (SSSR count). The van der Waals surface area contributed by atoms with Crippen molar-refractivity contribution in [1.29, 1.82) is 0 Å². The van der Waals surface area contributed by atoms with Crippen LogP contribution >= 0.6 is 11.6 Å². The van der Waals surface area contributed by atoms with Crippen molar-refractivity contribution in [2.75, 3.05) is 13.7 Å². The molecule has 0 aliphatic heterocycles. The predicted molar refractivity (Wildman–Crippen MR) is 80.8 cm³/mol. The lowest BCUT2D eigenvalue weighted by Crippen LogP contribution is -2.46. The van der Waals surface area contributed by atoms with Crippen LogP contribution in [-0.4, -0.2) is 36.7 Å². The second-order valence-electron chi connectivity index (χ2n) is 5.10. The molecule has 1 aromatic rings. The third-order valence-electron chi connectivity index (χ3n) is 3.60. The fraction of sp³-hybridized carbons (Fsp3) is 0.467. The Morgan fingerprint density at radius 3 is 2.64 bits per heavy atom. The second-order valence-corrected chi connectivity index (χ2v) is 5.51. The maximum Gasteiger partial charge on any atom is 0.306 e. The summed E-state index contributed by atoms with van der Waals surface area (Å²) in [6, 6.07) is 2.95. The quantitative estimate of drug-likeness (QED) is 0.837. The van der Waals surface area contributed by atoms with E-state index in [0.29, 0.717) is 41.5 Å². The maximum absolute atomic E-state index is 12.2. The van der Waals surface area contributed by atoms with Crippen molar-refractivity contribution in [1.82, 2.24) is 5.32 Å². The minimum atomic E-state index is -0.823. The fourth-order valence-electron chi connectivity index (χ4n) is 2.34. The maximum atomic E-state index is 12.2. The Hall–Kier alpha value is -1.95. The van der Waals surface area contributed by atoms with Gasteiger partial charge in [-0.15, -0.1) is 0 Å². The number of rotatable bonds is 6. The van der Waals surface area contributed by atoms with Crippen molar-refractivity contribution in [2.45, 2.75) is 25.8 Å². The molecular formula is C15H18ClNO5. The van der Waals surface area contributed by atoms with Crippen molar-refractivity contribution in [3.63, 3.8) is 0 Å². The average Bonchev–Trinajstić information content (AvgIpc) is 2.43. The Morgan fingerprint density at radius 2 is 2.09 bits per heavy atom. The van der Waals surface area contributed by atoms with Crippen LogP contribution in [0.1, 0.15) is 30.1 Å². The zero-order valence-electron chi connectivity index (χ0n) is 12.4. The SMILES string of the molecule is CCOc1c(Cl)cc(C(=O)NC2CC(C(=O)O)C2)cc1OC. The van der Waals surface area contributed by atoms with E-state index in [9.17, 15) is 9.59 Å². The largest absolute Gasteiger partial charge is 0.493 e. The van der Waals surface area contributed by atoms with Gasteiger partial charge in [-0.25, -0.2) is 0 Å². The van der Waals surface area contributed by atoms with E-state index in [0.717, 1.165) is 0 Å². The van der Waals surface area contributed by atoms with Crippen LogP contribution in [0.3, 0.4) is 0 Å². The summed E-state index contributed by atoms with van der Waals surface area (Å²) in [6.07, 6.45) is 0.895. The fourth-order valence-corrected chi connectivity index (χ4v) is 2.61. The van der Waals surface area contributed by atoms with E-state index in [4.69, 9.17) is 26.2 Å². The van der Waals surface area contributed by atoms with Crippen molar-refractivity contribution < 1.29 is 24.2 Å². The van der Waals surface area contributed by atoms with Gasteiger partial charge in [-0.1, -0.05) is 11.6 Å². The molecule has 0 bridgehead atoms. The summed E-state index contributed by atoms with van der Waals surface area (Å²) in [4.78, 5) is 22.9. The van der Waals surface area contributed by atoms with Crippen LogP contribution in [0.15, 0.2) is 12.1 Å². The molecule has 0 radical (unpaired) electrons. The Kier molecular flexibility index (Phi) is 5.13. The van der Waals surface area contributed by atoms with Crippen molar-refractivity contribution in [2.24, 2.45) is 5.92 Å². The summed E-state index contributed by atoms with van der Waals surface area (Å²) in [6.45, 7) is 2.26. The minimum absolute atomic E-state index is 0.120. The molecule has 120 valence electrons. The Balaban J connectivity index is 2.07. The summed E-state index contributed by atoms with van der Waals surface area (Å²) in [7, 11) is 1.47. The van der Waals surface area contributed by atoms with E-state index in [2.05, 4.69) is 5.32 Å². The van der Waals surface area contributed by atoms with E-state index in [-0.39, 0.29) is 17.9 Å². The van der Waals surface area contributed by atoms with Gasteiger partial charge in [0.1, 0.15) is 0 Å². The molecule has 7 heteroatoms. The van der Waals surface area contributed by atoms with E-state index >= 15 is 0 Å². The van der Waals surface area contributed by atoms with E-state index in [1.54, 1.807) is 6.07 Å². The monoisotopic (exact) mass is 327 g/mol. The molecule has 1 amide bonds. The zero-order valence-corrected chi connectivity index (χ0v) is 13.1. The number of amides is 1. The highest BCUT2D eigenvalue weighted by atomic mass is 35.5. The summed E-state index contributed by atoms with van der Waals surface area (Å²) in [5, 5.41) is 11.9. The minimum Gasteiger partial charge on any atom is -0.493 e. The molecular weight excluding hydrogens is 310 g/mol. The molecule has 0 aromatic heterocycles. The molecule has 1 aromatic carbocycles. The lowest BCUT2D eigenvalue weighted by atomic mass is 9.80. The first kappa shape index (κ1) is 16.4. The highest BCUT2D eigenvalue weighted by molar-refractivity contribution is 6.32. The van der Waals surface area contributed by atoms with Gasteiger partial charge in [0, 0.05) is 11.6 Å². The number of aliphatic carboxylic acids is 1. The van der Waals surface area contributed by atoms with Crippen molar-refractivity contribution in [3.05, 3.63) is 22.7 Å². The topological polar surface area (TPSA) is 84.9 Å². The van der Waals surface area contributed by atoms with Gasteiger partial charge in [0.25, 0.3) is 5.91 Å². The third kappa shape index (κ3) is 3.44. The van der Waals surface area contributed by atoms with Crippen LogP contribution in [0.5, 0.6) is 11.5 Å². The standard InChI is InChI=1S/C15H18ClNO5/c1-3-22-13-11(16)6-8(7-12(13)21-2)14(18)17-10-4-9(5-10)15(19)20/h6-7,9-10H,3-5H2,1-2H3,(H,17,18)(H,19,20). The smallest absolute Gasteiger partial charge is 0.306 e. The molecule has 1 fully saturated rings. The zero-order chi connectivity index (χ0) is 16.3. The number of hydrogen-bond donors (Lipinski definition) is 2. The molecule has 0 saturated heterocycles. The van der Waals surface area contributed by atoms with E-state index < -0.39 is 5.97 Å². The number of carboxylic acids is 1. The van der Waals surface area contributed by atoms with Crippen LogP contribution in [0.4, 0.5) is 0 Å². The van der Waals surface area contributed by atoms with E-state index in [1.807, 2.05) is 6.92 Å². The number of carboxylic acid groups (broad SMARTS) is 1. The number of benzene rings is 1. The van der Waals surface area contributed by atoms with Gasteiger partial charge in [0.2, 0.25) is 0 Å². The number of hydrogen-bond acceptors (Lipinski definition) is 4. The van der Waals surface area contributed by atoms with Gasteiger partial charge in [0.05, 0.1) is 24.7 Å². The molecule has 22 heavy (non-hydrogen) atoms. The molecule has 0 atom stereocenters. The first-order valence-corrected chi connectivity index (χ1v) is 7.38. The average molecular weight is 328 g/mol. The van der Waals surface area contributed by atoms with Gasteiger partial charge < -0.3 is 19.9 Å². The molecule has 0 heterocycles. The summed E-state index contributed by atoms with van der Waals surface area (Å²) in [5.41, 5.74) is 0.351. The molecule has 1 aliphatic carbocycles.